The van der Waals surface area contributed by atoms with Crippen molar-refractivity contribution in [3.63, 3.8) is 0 Å². The molecule has 0 heterocycles. The van der Waals surface area contributed by atoms with Crippen LogP contribution in [0.5, 0.6) is 0 Å². The first-order valence-corrected chi connectivity index (χ1v) is 4.67. The van der Waals surface area contributed by atoms with Gasteiger partial charge in [-0.2, -0.15) is 4.89 Å². The second-order valence-corrected chi connectivity index (χ2v) is 2.64. The lowest BCUT2D eigenvalue weighted by Gasteiger charge is -2.02. The van der Waals surface area contributed by atoms with Crippen LogP contribution in [0.4, 0.5) is 0 Å². The Morgan fingerprint density at radius 3 is 2.40 bits per heavy atom. The summed E-state index contributed by atoms with van der Waals surface area (Å²) in [6.07, 6.45) is 0.698. The molecule has 0 aromatic carbocycles. The van der Waals surface area contributed by atoms with Crippen LogP contribution in [-0.4, -0.2) is 32.4 Å². The van der Waals surface area contributed by atoms with Gasteiger partial charge < -0.3 is 9.47 Å². The summed E-state index contributed by atoms with van der Waals surface area (Å²) in [5.74, 6) is -0.848. The number of carbonyl (C=O) groups is 2. The maximum atomic E-state index is 10.9. The third kappa shape index (κ3) is 9.17. The highest BCUT2D eigenvalue weighted by atomic mass is 17.2. The van der Waals surface area contributed by atoms with E-state index in [1.807, 2.05) is 0 Å². The minimum absolute atomic E-state index is 0.108. The van der Waals surface area contributed by atoms with Crippen LogP contribution >= 0.6 is 0 Å². The molecule has 0 atom stereocenters. The number of ether oxygens (including phenoxy) is 2. The van der Waals surface area contributed by atoms with Gasteiger partial charge in [0.15, 0.2) is 6.79 Å². The minimum atomic E-state index is -0.531. The average Bonchev–Trinajstić information content (AvgIpc) is 2.18. The van der Waals surface area contributed by atoms with Gasteiger partial charge in [-0.05, 0) is 13.3 Å². The molecule has 0 saturated heterocycles. The van der Waals surface area contributed by atoms with Gasteiger partial charge in [-0.15, -0.1) is 0 Å². The van der Waals surface area contributed by atoms with Crippen molar-refractivity contribution in [2.45, 2.75) is 26.2 Å². The lowest BCUT2D eigenvalue weighted by Crippen LogP contribution is -2.09. The molecule has 0 bridgehead atoms. The van der Waals surface area contributed by atoms with Gasteiger partial charge in [-0.3, -0.25) is 9.68 Å². The Bertz CT molecular complexity index is 191. The predicted molar refractivity (Wildman–Crippen MR) is 49.5 cm³/mol. The summed E-state index contributed by atoms with van der Waals surface area (Å²) in [6, 6.07) is 0. The van der Waals surface area contributed by atoms with Crippen molar-refractivity contribution >= 4 is 11.9 Å². The standard InChI is InChI=1S/C9H16O6/c1-3-13-8(10)5-4-6-9(11)15-14-7-12-2/h3-7H2,1-2H3. The van der Waals surface area contributed by atoms with Crippen molar-refractivity contribution in [3.8, 4) is 0 Å². The SMILES string of the molecule is CCOC(=O)CCCC(=O)OOCOC. The third-order valence-electron chi connectivity index (χ3n) is 1.38. The van der Waals surface area contributed by atoms with Crippen LogP contribution in [0.1, 0.15) is 26.2 Å². The molecule has 0 aliphatic rings. The highest BCUT2D eigenvalue weighted by molar-refractivity contribution is 5.72. The van der Waals surface area contributed by atoms with Gasteiger partial charge in [0.05, 0.1) is 6.61 Å². The number of methoxy groups -OCH3 is 1. The number of carbonyl (C=O) groups excluding carboxylic acids is 2. The Kier molecular flexibility index (Phi) is 8.70. The summed E-state index contributed by atoms with van der Waals surface area (Å²) in [6.45, 7) is 1.97. The lowest BCUT2D eigenvalue weighted by molar-refractivity contribution is -0.306. The molecule has 15 heavy (non-hydrogen) atoms. The molecule has 0 aromatic rings. The Morgan fingerprint density at radius 1 is 1.13 bits per heavy atom. The largest absolute Gasteiger partial charge is 0.466 e. The van der Waals surface area contributed by atoms with Crippen LogP contribution in [0, 0.1) is 0 Å². The Balaban J connectivity index is 3.34. The highest BCUT2D eigenvalue weighted by Crippen LogP contribution is 2.00. The molecule has 0 spiro atoms. The lowest BCUT2D eigenvalue weighted by atomic mass is 10.2. The van der Waals surface area contributed by atoms with E-state index in [0.717, 1.165) is 0 Å². The van der Waals surface area contributed by atoms with E-state index in [0.29, 0.717) is 13.0 Å². The molecule has 6 nitrogen and oxygen atoms in total. The molecule has 0 fully saturated rings. The Labute approximate surface area is 88.4 Å². The molecule has 0 unspecified atom stereocenters. The van der Waals surface area contributed by atoms with E-state index >= 15 is 0 Å². The molecule has 0 amide bonds. The van der Waals surface area contributed by atoms with Gasteiger partial charge in [0.1, 0.15) is 0 Å². The molecule has 0 aliphatic carbocycles. The molecule has 6 heteroatoms. The zero-order chi connectivity index (χ0) is 11.5. The molecule has 88 valence electrons. The van der Waals surface area contributed by atoms with Crippen LogP contribution in [0.25, 0.3) is 0 Å². The van der Waals surface area contributed by atoms with E-state index in [1.165, 1.54) is 7.11 Å². The van der Waals surface area contributed by atoms with Crippen LogP contribution in [-0.2, 0) is 28.8 Å². The van der Waals surface area contributed by atoms with Gasteiger partial charge >= 0.3 is 11.9 Å². The summed E-state index contributed by atoms with van der Waals surface area (Å²) >= 11 is 0. The molecule has 0 aliphatic heterocycles. The average molecular weight is 220 g/mol. The van der Waals surface area contributed by atoms with E-state index < -0.39 is 5.97 Å². The number of hydrogen-bond acceptors (Lipinski definition) is 6. The fourth-order valence-electron chi connectivity index (χ4n) is 0.790. The van der Waals surface area contributed by atoms with Crippen molar-refractivity contribution in [3.05, 3.63) is 0 Å². The van der Waals surface area contributed by atoms with E-state index in [4.69, 9.17) is 0 Å². The molecular weight excluding hydrogens is 204 g/mol. The van der Waals surface area contributed by atoms with Crippen molar-refractivity contribution in [2.24, 2.45) is 0 Å². The summed E-state index contributed by atoms with van der Waals surface area (Å²) in [4.78, 5) is 30.4. The van der Waals surface area contributed by atoms with Crippen LogP contribution < -0.4 is 0 Å². The molecule has 0 aromatic heterocycles. The summed E-state index contributed by atoms with van der Waals surface area (Å²) < 4.78 is 9.17. The maximum absolute atomic E-state index is 10.9. The van der Waals surface area contributed by atoms with Gasteiger partial charge in [0, 0.05) is 20.0 Å². The fourth-order valence-corrected chi connectivity index (χ4v) is 0.790. The van der Waals surface area contributed by atoms with Crippen molar-refractivity contribution in [2.75, 3.05) is 20.5 Å². The first-order valence-electron chi connectivity index (χ1n) is 4.67. The third-order valence-corrected chi connectivity index (χ3v) is 1.38. The van der Waals surface area contributed by atoms with Gasteiger partial charge in [-0.25, -0.2) is 4.79 Å². The molecule has 0 rings (SSSR count). The number of esters is 1. The molecular formula is C9H16O6. The zero-order valence-electron chi connectivity index (χ0n) is 8.99. The van der Waals surface area contributed by atoms with E-state index in [1.54, 1.807) is 6.92 Å². The van der Waals surface area contributed by atoms with E-state index in [9.17, 15) is 9.59 Å². The van der Waals surface area contributed by atoms with Crippen molar-refractivity contribution in [1.29, 1.82) is 0 Å². The fraction of sp³-hybridized carbons (Fsp3) is 0.778. The Hall–Kier alpha value is -1.14. The molecule has 0 N–H and O–H groups in total. The molecule has 0 saturated carbocycles. The number of hydrogen-bond donors (Lipinski definition) is 0. The number of rotatable bonds is 8. The van der Waals surface area contributed by atoms with Crippen LogP contribution in [0.3, 0.4) is 0 Å². The van der Waals surface area contributed by atoms with Crippen LogP contribution in [0.2, 0.25) is 0 Å². The predicted octanol–water partition coefficient (Wildman–Crippen LogP) is 0.798. The molecule has 0 radical (unpaired) electrons. The second-order valence-electron chi connectivity index (χ2n) is 2.64. The van der Waals surface area contributed by atoms with Gasteiger partial charge in [0.2, 0.25) is 0 Å². The monoisotopic (exact) mass is 220 g/mol. The normalized spacial score (nSPS) is 9.73. The zero-order valence-corrected chi connectivity index (χ0v) is 8.99. The summed E-state index contributed by atoms with van der Waals surface area (Å²) in [5.41, 5.74) is 0. The van der Waals surface area contributed by atoms with Gasteiger partial charge in [0.25, 0.3) is 0 Å². The first kappa shape index (κ1) is 13.9. The van der Waals surface area contributed by atoms with Crippen LogP contribution in [0.15, 0.2) is 0 Å². The smallest absolute Gasteiger partial charge is 0.342 e. The van der Waals surface area contributed by atoms with Crippen molar-refractivity contribution in [1.82, 2.24) is 0 Å². The summed E-state index contributed by atoms with van der Waals surface area (Å²) in [5, 5.41) is 0. The van der Waals surface area contributed by atoms with Crippen molar-refractivity contribution < 1.29 is 28.8 Å². The Morgan fingerprint density at radius 2 is 1.80 bits per heavy atom. The van der Waals surface area contributed by atoms with Gasteiger partial charge in [-0.1, -0.05) is 0 Å². The van der Waals surface area contributed by atoms with E-state index in [-0.39, 0.29) is 25.6 Å². The maximum Gasteiger partial charge on any atom is 0.342 e. The minimum Gasteiger partial charge on any atom is -0.466 e. The highest BCUT2D eigenvalue weighted by Gasteiger charge is 2.07. The second kappa shape index (κ2) is 9.42. The first-order chi connectivity index (χ1) is 7.20. The topological polar surface area (TPSA) is 71.1 Å². The van der Waals surface area contributed by atoms with E-state index in [2.05, 4.69) is 19.2 Å². The summed E-state index contributed by atoms with van der Waals surface area (Å²) in [7, 11) is 1.41. The quantitative estimate of drug-likeness (QED) is 0.198.